The first-order valence-corrected chi connectivity index (χ1v) is 8.33. The SMILES string of the molecule is CCc1nn(C)cc1CNc1cc([N+](=O)[O-])cc(S(N)(=O)=O)c1. The van der Waals surface area contributed by atoms with Gasteiger partial charge in [0.15, 0.2) is 0 Å². The van der Waals surface area contributed by atoms with Crippen molar-refractivity contribution >= 4 is 21.4 Å². The Labute approximate surface area is 133 Å². The van der Waals surface area contributed by atoms with E-state index < -0.39 is 14.9 Å². The Bertz CT molecular complexity index is 844. The summed E-state index contributed by atoms with van der Waals surface area (Å²) in [5.74, 6) is 0. The molecule has 0 saturated heterocycles. The van der Waals surface area contributed by atoms with Crippen molar-refractivity contribution in [2.24, 2.45) is 12.2 Å². The Morgan fingerprint density at radius 1 is 1.39 bits per heavy atom. The molecule has 1 aromatic carbocycles. The van der Waals surface area contributed by atoms with Gasteiger partial charge in [-0.1, -0.05) is 6.92 Å². The summed E-state index contributed by atoms with van der Waals surface area (Å²) in [6, 6.07) is 3.46. The van der Waals surface area contributed by atoms with Crippen LogP contribution < -0.4 is 10.5 Å². The quantitative estimate of drug-likeness (QED) is 0.599. The predicted octanol–water partition coefficient (Wildman–Crippen LogP) is 1.15. The van der Waals surface area contributed by atoms with Crippen LogP contribution in [-0.4, -0.2) is 23.1 Å². The van der Waals surface area contributed by atoms with E-state index in [0.29, 0.717) is 12.2 Å². The zero-order chi connectivity index (χ0) is 17.2. The van der Waals surface area contributed by atoms with Crippen LogP contribution in [0, 0.1) is 10.1 Å². The topological polar surface area (TPSA) is 133 Å². The van der Waals surface area contributed by atoms with E-state index in [4.69, 9.17) is 5.14 Å². The van der Waals surface area contributed by atoms with Gasteiger partial charge in [-0.25, -0.2) is 13.6 Å². The van der Waals surface area contributed by atoms with Crippen LogP contribution >= 0.6 is 0 Å². The summed E-state index contributed by atoms with van der Waals surface area (Å²) in [5.41, 5.74) is 1.78. The Balaban J connectivity index is 2.32. The van der Waals surface area contributed by atoms with Crippen molar-refractivity contribution in [1.82, 2.24) is 9.78 Å². The molecule has 0 aliphatic rings. The lowest BCUT2D eigenvalue weighted by Crippen LogP contribution is -2.13. The highest BCUT2D eigenvalue weighted by Crippen LogP contribution is 2.24. The van der Waals surface area contributed by atoms with E-state index in [1.54, 1.807) is 11.7 Å². The minimum atomic E-state index is -4.03. The average Bonchev–Trinajstić information content (AvgIpc) is 2.84. The maximum Gasteiger partial charge on any atom is 0.272 e. The third-order valence-corrected chi connectivity index (χ3v) is 4.13. The third-order valence-electron chi connectivity index (χ3n) is 3.24. The molecular weight excluding hydrogens is 322 g/mol. The van der Waals surface area contributed by atoms with Gasteiger partial charge in [-0.15, -0.1) is 0 Å². The number of rotatable bonds is 6. The maximum atomic E-state index is 11.5. The molecule has 9 nitrogen and oxygen atoms in total. The monoisotopic (exact) mass is 339 g/mol. The first-order valence-electron chi connectivity index (χ1n) is 6.78. The number of nitrogens with one attached hydrogen (secondary N) is 1. The number of benzene rings is 1. The van der Waals surface area contributed by atoms with Crippen molar-refractivity contribution in [3.63, 3.8) is 0 Å². The fraction of sp³-hybridized carbons (Fsp3) is 0.308. The largest absolute Gasteiger partial charge is 0.381 e. The van der Waals surface area contributed by atoms with E-state index in [1.807, 2.05) is 13.1 Å². The molecule has 0 aliphatic carbocycles. The summed E-state index contributed by atoms with van der Waals surface area (Å²) in [5, 5.41) is 23.3. The van der Waals surface area contributed by atoms with Gasteiger partial charge < -0.3 is 5.32 Å². The van der Waals surface area contributed by atoms with E-state index in [1.165, 1.54) is 12.1 Å². The second kappa shape index (κ2) is 6.34. The van der Waals surface area contributed by atoms with Crippen molar-refractivity contribution in [2.45, 2.75) is 24.8 Å². The smallest absolute Gasteiger partial charge is 0.272 e. The summed E-state index contributed by atoms with van der Waals surface area (Å²) in [6.07, 6.45) is 2.58. The first-order chi connectivity index (χ1) is 10.7. The molecule has 1 aromatic heterocycles. The summed E-state index contributed by atoms with van der Waals surface area (Å²) in [7, 11) is -2.23. The molecule has 10 heteroatoms. The molecule has 124 valence electrons. The van der Waals surface area contributed by atoms with Gasteiger partial charge in [-0.3, -0.25) is 14.8 Å². The number of nitrogens with two attached hydrogens (primary N) is 1. The molecule has 0 atom stereocenters. The lowest BCUT2D eigenvalue weighted by atomic mass is 10.2. The number of hydrogen-bond acceptors (Lipinski definition) is 6. The van der Waals surface area contributed by atoms with Crippen molar-refractivity contribution < 1.29 is 13.3 Å². The Kier molecular flexibility index (Phi) is 4.66. The van der Waals surface area contributed by atoms with E-state index in [-0.39, 0.29) is 10.6 Å². The van der Waals surface area contributed by atoms with Crippen molar-refractivity contribution in [1.29, 1.82) is 0 Å². The lowest BCUT2D eigenvalue weighted by molar-refractivity contribution is -0.385. The van der Waals surface area contributed by atoms with Crippen LogP contribution in [0.3, 0.4) is 0 Å². The standard InChI is InChI=1S/C13H17N5O4S/c1-3-13-9(8-17(2)16-13)7-15-10-4-11(18(19)20)6-12(5-10)23(14,21)22/h4-6,8,15H,3,7H2,1-2H3,(H2,14,21,22). The van der Waals surface area contributed by atoms with E-state index in [0.717, 1.165) is 23.7 Å². The van der Waals surface area contributed by atoms with Crippen LogP contribution in [0.5, 0.6) is 0 Å². The number of nitro benzene ring substituents is 1. The maximum absolute atomic E-state index is 11.5. The van der Waals surface area contributed by atoms with Gasteiger partial charge >= 0.3 is 0 Å². The molecule has 3 N–H and O–H groups in total. The highest BCUT2D eigenvalue weighted by molar-refractivity contribution is 7.89. The number of primary sulfonamides is 1. The fourth-order valence-electron chi connectivity index (χ4n) is 2.18. The molecule has 2 rings (SSSR count). The number of aryl methyl sites for hydroxylation is 2. The number of anilines is 1. The number of nitro groups is 1. The Hall–Kier alpha value is -2.46. The Morgan fingerprint density at radius 3 is 2.65 bits per heavy atom. The van der Waals surface area contributed by atoms with Crippen LogP contribution in [0.1, 0.15) is 18.2 Å². The summed E-state index contributed by atoms with van der Waals surface area (Å²) in [4.78, 5) is 9.96. The third kappa shape index (κ3) is 4.05. The Morgan fingerprint density at radius 2 is 2.09 bits per heavy atom. The van der Waals surface area contributed by atoms with Crippen molar-refractivity contribution in [3.05, 3.63) is 45.8 Å². The number of non-ortho nitro benzene ring substituents is 1. The van der Waals surface area contributed by atoms with E-state index in [2.05, 4.69) is 10.4 Å². The average molecular weight is 339 g/mol. The minimum absolute atomic E-state index is 0.300. The molecule has 0 spiro atoms. The zero-order valence-electron chi connectivity index (χ0n) is 12.7. The van der Waals surface area contributed by atoms with Crippen LogP contribution in [0.25, 0.3) is 0 Å². The molecule has 0 bridgehead atoms. The molecule has 0 radical (unpaired) electrons. The predicted molar refractivity (Wildman–Crippen MR) is 84.4 cm³/mol. The van der Waals surface area contributed by atoms with Gasteiger partial charge in [0, 0.05) is 43.2 Å². The van der Waals surface area contributed by atoms with Crippen LogP contribution in [0.2, 0.25) is 0 Å². The van der Waals surface area contributed by atoms with Gasteiger partial charge in [0.05, 0.1) is 15.5 Å². The number of aromatic nitrogens is 2. The minimum Gasteiger partial charge on any atom is -0.381 e. The normalized spacial score (nSPS) is 11.4. The molecule has 0 aliphatic heterocycles. The second-order valence-corrected chi connectivity index (χ2v) is 6.56. The van der Waals surface area contributed by atoms with Gasteiger partial charge in [0.1, 0.15) is 0 Å². The van der Waals surface area contributed by atoms with Crippen LogP contribution in [-0.2, 0) is 30.0 Å². The summed E-state index contributed by atoms with van der Waals surface area (Å²) < 4.78 is 24.6. The zero-order valence-corrected chi connectivity index (χ0v) is 13.5. The fourth-order valence-corrected chi connectivity index (χ4v) is 2.76. The molecule has 2 aromatic rings. The van der Waals surface area contributed by atoms with E-state index in [9.17, 15) is 18.5 Å². The van der Waals surface area contributed by atoms with Crippen molar-refractivity contribution in [3.8, 4) is 0 Å². The van der Waals surface area contributed by atoms with E-state index >= 15 is 0 Å². The molecular formula is C13H17N5O4S. The van der Waals surface area contributed by atoms with Crippen LogP contribution in [0.15, 0.2) is 29.3 Å². The molecule has 23 heavy (non-hydrogen) atoms. The molecule has 1 heterocycles. The molecule has 0 amide bonds. The van der Waals surface area contributed by atoms with Crippen LogP contribution in [0.4, 0.5) is 11.4 Å². The molecule has 0 unspecified atom stereocenters. The summed E-state index contributed by atoms with van der Waals surface area (Å²) in [6.45, 7) is 2.33. The number of hydrogen-bond donors (Lipinski definition) is 2. The molecule has 0 saturated carbocycles. The highest BCUT2D eigenvalue weighted by atomic mass is 32.2. The van der Waals surface area contributed by atoms with Crippen molar-refractivity contribution in [2.75, 3.05) is 5.32 Å². The second-order valence-electron chi connectivity index (χ2n) is 5.00. The van der Waals surface area contributed by atoms with Gasteiger partial charge in [-0.05, 0) is 12.5 Å². The lowest BCUT2D eigenvalue weighted by Gasteiger charge is -2.08. The number of nitrogens with zero attached hydrogens (tertiary/aromatic N) is 3. The highest BCUT2D eigenvalue weighted by Gasteiger charge is 2.16. The summed E-state index contributed by atoms with van der Waals surface area (Å²) >= 11 is 0. The first kappa shape index (κ1) is 16.9. The number of sulfonamides is 1. The van der Waals surface area contributed by atoms with Gasteiger partial charge in [0.25, 0.3) is 5.69 Å². The van der Waals surface area contributed by atoms with Gasteiger partial charge in [-0.2, -0.15) is 5.10 Å². The van der Waals surface area contributed by atoms with Gasteiger partial charge in [0.2, 0.25) is 10.0 Å². The molecule has 0 fully saturated rings.